The highest BCUT2D eigenvalue weighted by Crippen LogP contribution is 2.34. The van der Waals surface area contributed by atoms with Crippen LogP contribution in [-0.4, -0.2) is 40.6 Å². The first-order valence-electron chi connectivity index (χ1n) is 9.04. The first-order valence-corrected chi connectivity index (χ1v) is 9.04. The fourth-order valence-corrected chi connectivity index (χ4v) is 3.71. The van der Waals surface area contributed by atoms with E-state index in [9.17, 15) is 4.79 Å². The highest BCUT2D eigenvalue weighted by Gasteiger charge is 2.26. The molecule has 0 saturated carbocycles. The third-order valence-electron chi connectivity index (χ3n) is 5.30. The lowest BCUT2D eigenvalue weighted by atomic mass is 9.93. The van der Waals surface area contributed by atoms with E-state index in [2.05, 4.69) is 16.5 Å². The Kier molecular flexibility index (Phi) is 4.44. The third-order valence-corrected chi connectivity index (χ3v) is 5.30. The number of amides is 2. The summed E-state index contributed by atoms with van der Waals surface area (Å²) in [6.45, 7) is 3.76. The number of nitrogens with one attached hydrogen (secondary N) is 1. The van der Waals surface area contributed by atoms with Crippen molar-refractivity contribution in [1.82, 2.24) is 20.0 Å². The van der Waals surface area contributed by atoms with Crippen LogP contribution in [0.2, 0.25) is 0 Å². The highest BCUT2D eigenvalue weighted by atomic mass is 16.7. The Bertz CT molecular complexity index is 796. The molecule has 1 N–H and O–H groups in total. The molecule has 26 heavy (non-hydrogen) atoms. The van der Waals surface area contributed by atoms with E-state index < -0.39 is 0 Å². The molecule has 7 nitrogen and oxygen atoms in total. The summed E-state index contributed by atoms with van der Waals surface area (Å²) in [6.07, 6.45) is 3.76. The van der Waals surface area contributed by atoms with Gasteiger partial charge >= 0.3 is 6.03 Å². The van der Waals surface area contributed by atoms with Gasteiger partial charge in [0.2, 0.25) is 6.79 Å². The molecule has 7 heteroatoms. The monoisotopic (exact) mass is 356 g/mol. The first-order chi connectivity index (χ1) is 12.6. The number of hydrogen-bond donors (Lipinski definition) is 1. The number of carbonyl (C=O) groups is 1. The van der Waals surface area contributed by atoms with Crippen molar-refractivity contribution < 1.29 is 14.3 Å². The van der Waals surface area contributed by atoms with Gasteiger partial charge in [-0.1, -0.05) is 6.07 Å². The largest absolute Gasteiger partial charge is 0.454 e. The number of fused-ring (bicyclic) bond motifs is 1. The minimum Gasteiger partial charge on any atom is -0.454 e. The van der Waals surface area contributed by atoms with Crippen molar-refractivity contribution in [2.45, 2.75) is 31.7 Å². The Morgan fingerprint density at radius 3 is 2.73 bits per heavy atom. The number of piperidine rings is 1. The van der Waals surface area contributed by atoms with E-state index in [1.807, 2.05) is 47.9 Å². The van der Waals surface area contributed by atoms with Crippen LogP contribution in [0.15, 0.2) is 30.5 Å². The Balaban J connectivity index is 1.33. The van der Waals surface area contributed by atoms with Crippen molar-refractivity contribution in [1.29, 1.82) is 0 Å². The van der Waals surface area contributed by atoms with Gasteiger partial charge in [-0.3, -0.25) is 4.68 Å². The van der Waals surface area contributed by atoms with Gasteiger partial charge in [0.25, 0.3) is 0 Å². The summed E-state index contributed by atoms with van der Waals surface area (Å²) in [6, 6.07) is 7.75. The summed E-state index contributed by atoms with van der Waals surface area (Å²) in [5.41, 5.74) is 2.26. The maximum atomic E-state index is 12.6. The van der Waals surface area contributed by atoms with Crippen LogP contribution in [0.1, 0.15) is 43.0 Å². The number of nitrogens with zero attached hydrogens (tertiary/aromatic N) is 3. The number of urea groups is 1. The van der Waals surface area contributed by atoms with Crippen LogP contribution < -0.4 is 14.8 Å². The molecule has 0 bridgehead atoms. The Hall–Kier alpha value is -2.70. The molecule has 2 amide bonds. The fraction of sp³-hybridized carbons (Fsp3) is 0.474. The van der Waals surface area contributed by atoms with Crippen LogP contribution in [0, 0.1) is 0 Å². The topological polar surface area (TPSA) is 68.6 Å². The van der Waals surface area contributed by atoms with Gasteiger partial charge in [0, 0.05) is 37.9 Å². The molecule has 0 radical (unpaired) electrons. The molecule has 2 aromatic rings. The van der Waals surface area contributed by atoms with Crippen LogP contribution in [0.3, 0.4) is 0 Å². The normalized spacial score (nSPS) is 18.0. The summed E-state index contributed by atoms with van der Waals surface area (Å²) in [4.78, 5) is 14.5. The zero-order valence-electron chi connectivity index (χ0n) is 15.1. The van der Waals surface area contributed by atoms with Gasteiger partial charge in [-0.15, -0.1) is 0 Å². The number of ether oxygens (including phenoxy) is 2. The van der Waals surface area contributed by atoms with Gasteiger partial charge in [-0.05, 0) is 43.5 Å². The molecule has 0 spiro atoms. The average Bonchev–Trinajstić information content (AvgIpc) is 3.29. The second kappa shape index (κ2) is 6.90. The zero-order valence-corrected chi connectivity index (χ0v) is 15.1. The fourth-order valence-electron chi connectivity index (χ4n) is 3.71. The maximum Gasteiger partial charge on any atom is 0.317 e. The van der Waals surface area contributed by atoms with E-state index in [1.54, 1.807) is 0 Å². The van der Waals surface area contributed by atoms with Crippen molar-refractivity contribution in [3.8, 4) is 11.5 Å². The predicted octanol–water partition coefficient (Wildman–Crippen LogP) is 2.80. The zero-order chi connectivity index (χ0) is 18.1. The highest BCUT2D eigenvalue weighted by molar-refractivity contribution is 5.75. The molecule has 3 heterocycles. The smallest absolute Gasteiger partial charge is 0.317 e. The second-order valence-electron chi connectivity index (χ2n) is 6.92. The molecular formula is C19H24N4O3. The maximum absolute atomic E-state index is 12.6. The number of aromatic nitrogens is 2. The molecule has 1 atom stereocenters. The summed E-state index contributed by atoms with van der Waals surface area (Å²) in [5, 5.41) is 7.34. The van der Waals surface area contributed by atoms with E-state index in [0.29, 0.717) is 5.92 Å². The SMILES string of the molecule is CC(NC(=O)N1CCC(c2ccnn2C)CC1)c1ccc2c(c1)OCO2. The third kappa shape index (κ3) is 3.21. The lowest BCUT2D eigenvalue weighted by Gasteiger charge is -2.33. The molecule has 0 aliphatic carbocycles. The molecule has 138 valence electrons. The molecule has 1 aromatic carbocycles. The van der Waals surface area contributed by atoms with Crippen molar-refractivity contribution in [2.75, 3.05) is 19.9 Å². The van der Waals surface area contributed by atoms with Crippen molar-refractivity contribution >= 4 is 6.03 Å². The second-order valence-corrected chi connectivity index (χ2v) is 6.92. The lowest BCUT2D eigenvalue weighted by Crippen LogP contribution is -2.45. The quantitative estimate of drug-likeness (QED) is 0.918. The minimum atomic E-state index is -0.0909. The Labute approximate surface area is 152 Å². The van der Waals surface area contributed by atoms with Crippen molar-refractivity contribution in [2.24, 2.45) is 7.05 Å². The first kappa shape index (κ1) is 16.8. The molecule has 1 aromatic heterocycles. The molecule has 2 aliphatic rings. The van der Waals surface area contributed by atoms with Crippen LogP contribution in [0.25, 0.3) is 0 Å². The molecule has 1 saturated heterocycles. The van der Waals surface area contributed by atoms with Gasteiger partial charge in [0.15, 0.2) is 11.5 Å². The number of benzene rings is 1. The number of hydrogen-bond acceptors (Lipinski definition) is 4. The van der Waals surface area contributed by atoms with Gasteiger partial charge in [-0.2, -0.15) is 5.10 Å². The van der Waals surface area contributed by atoms with Crippen molar-refractivity contribution in [3.05, 3.63) is 41.7 Å². The standard InChI is InChI=1S/C19H24N4O3/c1-13(15-3-4-17-18(11-15)26-12-25-17)21-19(24)23-9-6-14(7-10-23)16-5-8-20-22(16)2/h3-5,8,11,13-14H,6-7,9-10,12H2,1-2H3,(H,21,24). The number of carbonyl (C=O) groups excluding carboxylic acids is 1. The van der Waals surface area contributed by atoms with Crippen LogP contribution in [0.5, 0.6) is 11.5 Å². The summed E-state index contributed by atoms with van der Waals surface area (Å²) in [5.74, 6) is 1.96. The van der Waals surface area contributed by atoms with E-state index in [1.165, 1.54) is 5.69 Å². The van der Waals surface area contributed by atoms with Crippen molar-refractivity contribution in [3.63, 3.8) is 0 Å². The summed E-state index contributed by atoms with van der Waals surface area (Å²) < 4.78 is 12.7. The van der Waals surface area contributed by atoms with Gasteiger partial charge < -0.3 is 19.7 Å². The number of aryl methyl sites for hydroxylation is 1. The minimum absolute atomic E-state index is 0.0152. The predicted molar refractivity (Wildman–Crippen MR) is 96.3 cm³/mol. The molecule has 4 rings (SSSR count). The van der Waals surface area contributed by atoms with E-state index >= 15 is 0 Å². The van der Waals surface area contributed by atoms with Gasteiger partial charge in [0.1, 0.15) is 0 Å². The lowest BCUT2D eigenvalue weighted by molar-refractivity contribution is 0.173. The summed E-state index contributed by atoms with van der Waals surface area (Å²) >= 11 is 0. The van der Waals surface area contributed by atoms with E-state index in [-0.39, 0.29) is 18.9 Å². The molecular weight excluding hydrogens is 332 g/mol. The number of rotatable bonds is 3. The summed E-state index contributed by atoms with van der Waals surface area (Å²) in [7, 11) is 1.97. The van der Waals surface area contributed by atoms with Crippen LogP contribution >= 0.6 is 0 Å². The Morgan fingerprint density at radius 1 is 1.23 bits per heavy atom. The van der Waals surface area contributed by atoms with E-state index in [4.69, 9.17) is 9.47 Å². The van der Waals surface area contributed by atoms with Crippen LogP contribution in [0.4, 0.5) is 4.79 Å². The number of likely N-dealkylation sites (tertiary alicyclic amines) is 1. The average molecular weight is 356 g/mol. The van der Waals surface area contributed by atoms with E-state index in [0.717, 1.165) is 43.0 Å². The molecule has 2 aliphatic heterocycles. The molecule has 1 fully saturated rings. The Morgan fingerprint density at radius 2 is 2.00 bits per heavy atom. The van der Waals surface area contributed by atoms with Gasteiger partial charge in [-0.25, -0.2) is 4.79 Å². The van der Waals surface area contributed by atoms with Crippen LogP contribution in [-0.2, 0) is 7.05 Å². The van der Waals surface area contributed by atoms with Gasteiger partial charge in [0.05, 0.1) is 6.04 Å². The molecule has 1 unspecified atom stereocenters.